The Labute approximate surface area is 129 Å². The number of methoxy groups -OCH3 is 1. The Morgan fingerprint density at radius 3 is 2.82 bits per heavy atom. The third-order valence-corrected chi connectivity index (χ3v) is 3.80. The summed E-state index contributed by atoms with van der Waals surface area (Å²) in [6, 6.07) is 2.44. The van der Waals surface area contributed by atoms with Gasteiger partial charge in [0.25, 0.3) is 0 Å². The molecule has 2 aromatic heterocycles. The Balaban J connectivity index is 1.91. The lowest BCUT2D eigenvalue weighted by Gasteiger charge is -2.23. The van der Waals surface area contributed by atoms with E-state index >= 15 is 0 Å². The lowest BCUT2D eigenvalue weighted by molar-refractivity contribution is 0.357. The monoisotopic (exact) mass is 303 g/mol. The van der Waals surface area contributed by atoms with E-state index in [9.17, 15) is 0 Å². The molecule has 0 spiro atoms. The van der Waals surface area contributed by atoms with Crippen molar-refractivity contribution in [1.82, 2.24) is 20.1 Å². The summed E-state index contributed by atoms with van der Waals surface area (Å²) in [6.45, 7) is 6.94. The van der Waals surface area contributed by atoms with Gasteiger partial charge in [0, 0.05) is 24.2 Å². The van der Waals surface area contributed by atoms with Gasteiger partial charge in [0.15, 0.2) is 5.82 Å². The van der Waals surface area contributed by atoms with Gasteiger partial charge in [-0.25, -0.2) is 4.98 Å². The van der Waals surface area contributed by atoms with Crippen molar-refractivity contribution in [3.8, 4) is 6.01 Å². The summed E-state index contributed by atoms with van der Waals surface area (Å²) in [4.78, 5) is 15.4. The van der Waals surface area contributed by atoms with Crippen LogP contribution in [0.2, 0.25) is 0 Å². The number of aromatic nitrogens is 4. The van der Waals surface area contributed by atoms with Crippen molar-refractivity contribution in [2.45, 2.75) is 45.6 Å². The maximum atomic E-state index is 5.35. The van der Waals surface area contributed by atoms with E-state index in [1.165, 1.54) is 0 Å². The number of hydrogen-bond acceptors (Lipinski definition) is 7. The number of ether oxygens (including phenoxy) is 1. The Hall–Kier alpha value is -2.18. The lowest BCUT2D eigenvalue weighted by atomic mass is 10.2. The first kappa shape index (κ1) is 14.7. The maximum Gasteiger partial charge on any atom is 0.318 e. The molecule has 0 aliphatic carbocycles. The highest BCUT2D eigenvalue weighted by Gasteiger charge is 2.31. The smallest absolute Gasteiger partial charge is 0.318 e. The molecule has 7 nitrogen and oxygen atoms in total. The van der Waals surface area contributed by atoms with E-state index in [0.717, 1.165) is 36.7 Å². The molecular formula is C15H21N5O2. The van der Waals surface area contributed by atoms with Gasteiger partial charge in [-0.3, -0.25) is 0 Å². The van der Waals surface area contributed by atoms with E-state index in [2.05, 4.69) is 25.0 Å². The van der Waals surface area contributed by atoms with Crippen molar-refractivity contribution in [3.05, 3.63) is 23.5 Å². The quantitative estimate of drug-likeness (QED) is 0.859. The summed E-state index contributed by atoms with van der Waals surface area (Å²) >= 11 is 0. The van der Waals surface area contributed by atoms with E-state index < -0.39 is 0 Å². The minimum atomic E-state index is 0.0928. The van der Waals surface area contributed by atoms with Crippen LogP contribution in [0, 0.1) is 6.92 Å². The number of hydrogen-bond donors (Lipinski definition) is 0. The van der Waals surface area contributed by atoms with Gasteiger partial charge >= 0.3 is 6.01 Å². The normalized spacial score (nSPS) is 18.2. The molecule has 1 saturated heterocycles. The van der Waals surface area contributed by atoms with E-state index in [0.29, 0.717) is 11.9 Å². The van der Waals surface area contributed by atoms with Crippen molar-refractivity contribution < 1.29 is 9.26 Å². The van der Waals surface area contributed by atoms with Crippen molar-refractivity contribution in [3.63, 3.8) is 0 Å². The van der Waals surface area contributed by atoms with E-state index in [-0.39, 0.29) is 12.0 Å². The van der Waals surface area contributed by atoms with Crippen molar-refractivity contribution >= 4 is 5.82 Å². The molecule has 22 heavy (non-hydrogen) atoms. The molecule has 0 N–H and O–H groups in total. The molecule has 0 radical (unpaired) electrons. The standard InChI is InChI=1S/C15H21N5O2/c1-9(2)14-18-13(19-22-14)11-6-5-7-20(11)12-8-10(3)16-15(17-12)21-4/h8-9,11H,5-7H2,1-4H3. The second-order valence-electron chi connectivity index (χ2n) is 5.85. The Bertz CT molecular complexity index is 655. The van der Waals surface area contributed by atoms with Gasteiger partial charge in [-0.05, 0) is 19.8 Å². The van der Waals surface area contributed by atoms with Crippen LogP contribution in [0.1, 0.15) is 56.1 Å². The fraction of sp³-hybridized carbons (Fsp3) is 0.600. The largest absolute Gasteiger partial charge is 0.467 e. The van der Waals surface area contributed by atoms with Crippen LogP contribution in [-0.4, -0.2) is 33.8 Å². The molecule has 3 heterocycles. The third kappa shape index (κ3) is 2.75. The summed E-state index contributed by atoms with van der Waals surface area (Å²) in [5, 5.41) is 4.16. The van der Waals surface area contributed by atoms with Crippen LogP contribution in [0.4, 0.5) is 5.82 Å². The molecule has 3 rings (SSSR count). The Morgan fingerprint density at radius 1 is 1.32 bits per heavy atom. The fourth-order valence-corrected chi connectivity index (χ4v) is 2.69. The predicted octanol–water partition coefficient (Wildman–Crippen LogP) is 2.64. The van der Waals surface area contributed by atoms with Crippen molar-refractivity contribution in [1.29, 1.82) is 0 Å². The molecule has 118 valence electrons. The SMILES string of the molecule is COc1nc(C)cc(N2CCCC2c2noc(C(C)C)n2)n1. The van der Waals surface area contributed by atoms with Gasteiger partial charge in [-0.1, -0.05) is 19.0 Å². The predicted molar refractivity (Wildman–Crippen MR) is 81.0 cm³/mol. The van der Waals surface area contributed by atoms with Gasteiger partial charge < -0.3 is 14.2 Å². The van der Waals surface area contributed by atoms with Crippen LogP contribution < -0.4 is 9.64 Å². The second kappa shape index (κ2) is 5.90. The fourth-order valence-electron chi connectivity index (χ4n) is 2.69. The minimum Gasteiger partial charge on any atom is -0.467 e. The van der Waals surface area contributed by atoms with Crippen LogP contribution in [0.15, 0.2) is 10.6 Å². The molecule has 0 amide bonds. The third-order valence-electron chi connectivity index (χ3n) is 3.80. The topological polar surface area (TPSA) is 77.2 Å². The molecule has 0 aromatic carbocycles. The van der Waals surface area contributed by atoms with Crippen molar-refractivity contribution in [2.24, 2.45) is 0 Å². The highest BCUT2D eigenvalue weighted by atomic mass is 16.5. The first-order valence-corrected chi connectivity index (χ1v) is 7.58. The Morgan fingerprint density at radius 2 is 2.14 bits per heavy atom. The van der Waals surface area contributed by atoms with E-state index in [1.54, 1.807) is 7.11 Å². The van der Waals surface area contributed by atoms with E-state index in [1.807, 2.05) is 26.8 Å². The zero-order valence-corrected chi connectivity index (χ0v) is 13.4. The summed E-state index contributed by atoms with van der Waals surface area (Å²) < 4.78 is 10.5. The van der Waals surface area contributed by atoms with Gasteiger partial charge in [0.1, 0.15) is 5.82 Å². The molecule has 2 aromatic rings. The highest BCUT2D eigenvalue weighted by Crippen LogP contribution is 2.34. The molecular weight excluding hydrogens is 282 g/mol. The summed E-state index contributed by atoms with van der Waals surface area (Å²) in [7, 11) is 1.58. The average molecular weight is 303 g/mol. The summed E-state index contributed by atoms with van der Waals surface area (Å²) in [5.41, 5.74) is 0.878. The van der Waals surface area contributed by atoms with Crippen LogP contribution >= 0.6 is 0 Å². The van der Waals surface area contributed by atoms with Crippen LogP contribution in [0.25, 0.3) is 0 Å². The molecule has 7 heteroatoms. The first-order valence-electron chi connectivity index (χ1n) is 7.58. The van der Waals surface area contributed by atoms with Gasteiger partial charge in [0.05, 0.1) is 13.2 Å². The zero-order chi connectivity index (χ0) is 15.7. The maximum absolute atomic E-state index is 5.35. The molecule has 1 aliphatic rings. The van der Waals surface area contributed by atoms with Gasteiger partial charge in [-0.15, -0.1) is 0 Å². The number of rotatable bonds is 4. The molecule has 1 aliphatic heterocycles. The van der Waals surface area contributed by atoms with Gasteiger partial charge in [-0.2, -0.15) is 9.97 Å². The molecule has 0 bridgehead atoms. The van der Waals surface area contributed by atoms with Crippen LogP contribution in [0.5, 0.6) is 6.01 Å². The summed E-state index contributed by atoms with van der Waals surface area (Å²) in [5.74, 6) is 2.50. The van der Waals surface area contributed by atoms with Crippen LogP contribution in [0.3, 0.4) is 0 Å². The molecule has 1 atom stereocenters. The van der Waals surface area contributed by atoms with Crippen molar-refractivity contribution in [2.75, 3.05) is 18.6 Å². The average Bonchev–Trinajstić information content (AvgIpc) is 3.15. The zero-order valence-electron chi connectivity index (χ0n) is 13.4. The minimum absolute atomic E-state index is 0.0928. The number of aryl methyl sites for hydroxylation is 1. The first-order chi connectivity index (χ1) is 10.6. The molecule has 1 fully saturated rings. The summed E-state index contributed by atoms with van der Waals surface area (Å²) in [6.07, 6.45) is 2.06. The second-order valence-corrected chi connectivity index (χ2v) is 5.85. The number of nitrogens with zero attached hydrogens (tertiary/aromatic N) is 5. The molecule has 1 unspecified atom stereocenters. The van der Waals surface area contributed by atoms with E-state index in [4.69, 9.17) is 9.26 Å². The lowest BCUT2D eigenvalue weighted by Crippen LogP contribution is -2.24. The highest BCUT2D eigenvalue weighted by molar-refractivity contribution is 5.44. The Kier molecular flexibility index (Phi) is 3.96. The van der Waals surface area contributed by atoms with Gasteiger partial charge in [0.2, 0.25) is 5.89 Å². The van der Waals surface area contributed by atoms with Crippen LogP contribution in [-0.2, 0) is 0 Å². The number of anilines is 1. The molecule has 0 saturated carbocycles.